The van der Waals surface area contributed by atoms with E-state index in [1.54, 1.807) is 0 Å². The van der Waals surface area contributed by atoms with Crippen LogP contribution in [0.4, 0.5) is 17.1 Å². The molecule has 1 aromatic heterocycles. The molecule has 1 heterocycles. The Morgan fingerprint density at radius 1 is 0.308 bits per heavy atom. The van der Waals surface area contributed by atoms with Crippen molar-refractivity contribution in [3.63, 3.8) is 0 Å². The molecule has 0 saturated heterocycles. The number of hydrogen-bond donors (Lipinski definition) is 0. The number of nitrogens with zero attached hydrogens (tertiary/aromatic N) is 2. The fourth-order valence-corrected chi connectivity index (χ4v) is 8.08. The van der Waals surface area contributed by atoms with Crippen LogP contribution in [0.15, 0.2) is 206 Å². The third-order valence-corrected chi connectivity index (χ3v) is 10.3. The Balaban J connectivity index is 1.20. The monoisotopic (exact) mass is 662 g/mol. The third kappa shape index (κ3) is 4.88. The van der Waals surface area contributed by atoms with E-state index >= 15 is 0 Å². The smallest absolute Gasteiger partial charge is 0.0618 e. The van der Waals surface area contributed by atoms with E-state index in [2.05, 4.69) is 216 Å². The second-order valence-electron chi connectivity index (χ2n) is 13.3. The highest BCUT2D eigenvalue weighted by atomic mass is 15.1. The summed E-state index contributed by atoms with van der Waals surface area (Å²) in [5.74, 6) is 0. The number of para-hydroxylation sites is 3. The minimum absolute atomic E-state index is 1.10. The van der Waals surface area contributed by atoms with Crippen LogP contribution in [0.1, 0.15) is 0 Å². The van der Waals surface area contributed by atoms with Gasteiger partial charge in [0.15, 0.2) is 0 Å². The molecule has 0 aliphatic rings. The second kappa shape index (κ2) is 12.5. The lowest BCUT2D eigenvalue weighted by Gasteiger charge is -2.29. The maximum absolute atomic E-state index is 2.44. The summed E-state index contributed by atoms with van der Waals surface area (Å²) in [6.45, 7) is 0. The van der Waals surface area contributed by atoms with Gasteiger partial charge >= 0.3 is 0 Å². The van der Waals surface area contributed by atoms with Gasteiger partial charge in [0.05, 0.1) is 16.7 Å². The highest BCUT2D eigenvalue weighted by Crippen LogP contribution is 2.48. The van der Waals surface area contributed by atoms with Gasteiger partial charge in [0.1, 0.15) is 0 Å². The van der Waals surface area contributed by atoms with Crippen molar-refractivity contribution in [2.24, 2.45) is 0 Å². The van der Waals surface area contributed by atoms with Crippen molar-refractivity contribution < 1.29 is 0 Å². The molecule has 9 aromatic carbocycles. The Hall–Kier alpha value is -6.90. The van der Waals surface area contributed by atoms with Crippen molar-refractivity contribution >= 4 is 60.4 Å². The van der Waals surface area contributed by atoms with Crippen LogP contribution >= 0.6 is 0 Å². The zero-order valence-electron chi connectivity index (χ0n) is 28.5. The molecule has 0 radical (unpaired) electrons. The highest BCUT2D eigenvalue weighted by molar-refractivity contribution is 6.22. The van der Waals surface area contributed by atoms with Crippen molar-refractivity contribution in [3.8, 4) is 27.9 Å². The standard InChI is InChI=1S/C50H34N2/c1-3-16-35(17-4-1)36-18-15-19-37(34-36)49-43-24-7-9-26-45(43)50(46-27-10-8-25-44(46)49)51(38-20-5-2-6-21-38)39-30-32-40(33-31-39)52-47-28-13-11-22-41(47)42-23-12-14-29-48(42)52/h1-34H. The first kappa shape index (κ1) is 30.0. The van der Waals surface area contributed by atoms with E-state index in [-0.39, 0.29) is 0 Å². The molecular weight excluding hydrogens is 629 g/mol. The highest BCUT2D eigenvalue weighted by Gasteiger charge is 2.22. The van der Waals surface area contributed by atoms with Crippen LogP contribution in [0.3, 0.4) is 0 Å². The van der Waals surface area contributed by atoms with Crippen LogP contribution in [-0.2, 0) is 0 Å². The number of benzene rings is 9. The van der Waals surface area contributed by atoms with Crippen LogP contribution in [0, 0.1) is 0 Å². The molecular formula is C50H34N2. The van der Waals surface area contributed by atoms with E-state index in [0.717, 1.165) is 17.1 Å². The molecule has 0 N–H and O–H groups in total. The average molecular weight is 663 g/mol. The quantitative estimate of drug-likeness (QED) is 0.161. The normalized spacial score (nSPS) is 11.5. The Morgan fingerprint density at radius 3 is 1.35 bits per heavy atom. The van der Waals surface area contributed by atoms with Crippen LogP contribution in [0.25, 0.3) is 71.3 Å². The lowest BCUT2D eigenvalue weighted by atomic mass is 9.88. The average Bonchev–Trinajstić information content (AvgIpc) is 3.56. The van der Waals surface area contributed by atoms with Crippen molar-refractivity contribution in [1.29, 1.82) is 0 Å². The third-order valence-electron chi connectivity index (χ3n) is 10.3. The van der Waals surface area contributed by atoms with E-state index in [1.807, 2.05) is 0 Å². The molecule has 0 bridgehead atoms. The van der Waals surface area contributed by atoms with E-state index < -0.39 is 0 Å². The fourth-order valence-electron chi connectivity index (χ4n) is 8.08. The first-order valence-corrected chi connectivity index (χ1v) is 17.9. The molecule has 2 nitrogen and oxygen atoms in total. The van der Waals surface area contributed by atoms with E-state index in [1.165, 1.54) is 71.3 Å². The molecule has 2 heteroatoms. The van der Waals surface area contributed by atoms with Gasteiger partial charge in [0.25, 0.3) is 0 Å². The Kier molecular flexibility index (Phi) is 7.18. The lowest BCUT2D eigenvalue weighted by molar-refractivity contribution is 1.17. The molecule has 10 rings (SSSR count). The topological polar surface area (TPSA) is 8.17 Å². The van der Waals surface area contributed by atoms with Gasteiger partial charge in [-0.1, -0.05) is 152 Å². The molecule has 0 amide bonds. The molecule has 0 atom stereocenters. The maximum atomic E-state index is 2.44. The van der Waals surface area contributed by atoms with Gasteiger partial charge in [-0.15, -0.1) is 0 Å². The molecule has 0 spiro atoms. The Morgan fingerprint density at radius 2 is 0.750 bits per heavy atom. The zero-order chi connectivity index (χ0) is 34.4. The largest absolute Gasteiger partial charge is 0.309 e. The Bertz CT molecular complexity index is 2780. The summed E-state index contributed by atoms with van der Waals surface area (Å²) in [4.78, 5) is 2.44. The molecule has 244 valence electrons. The van der Waals surface area contributed by atoms with Crippen molar-refractivity contribution in [2.75, 3.05) is 4.90 Å². The van der Waals surface area contributed by atoms with Crippen LogP contribution in [-0.4, -0.2) is 4.57 Å². The molecule has 0 aliphatic heterocycles. The van der Waals surface area contributed by atoms with E-state index in [0.29, 0.717) is 0 Å². The van der Waals surface area contributed by atoms with Gasteiger partial charge in [-0.05, 0) is 87.6 Å². The summed E-state index contributed by atoms with van der Waals surface area (Å²) in [6.07, 6.45) is 0. The summed E-state index contributed by atoms with van der Waals surface area (Å²) >= 11 is 0. The molecule has 0 saturated carbocycles. The van der Waals surface area contributed by atoms with Gasteiger partial charge in [-0.25, -0.2) is 0 Å². The SMILES string of the molecule is c1ccc(-c2cccc(-c3c4ccccc4c(N(c4ccccc4)c4ccc(-n5c6ccccc6c6ccccc65)cc4)c4ccccc34)c2)cc1. The molecule has 10 aromatic rings. The minimum Gasteiger partial charge on any atom is -0.309 e. The van der Waals surface area contributed by atoms with Crippen LogP contribution in [0.2, 0.25) is 0 Å². The summed E-state index contributed by atoms with van der Waals surface area (Å²) in [6, 6.07) is 74.6. The second-order valence-corrected chi connectivity index (χ2v) is 13.3. The van der Waals surface area contributed by atoms with Gasteiger partial charge in [0, 0.05) is 38.6 Å². The molecule has 52 heavy (non-hydrogen) atoms. The van der Waals surface area contributed by atoms with Crippen LogP contribution in [0.5, 0.6) is 0 Å². The summed E-state index contributed by atoms with van der Waals surface area (Å²) < 4.78 is 2.38. The van der Waals surface area contributed by atoms with E-state index in [4.69, 9.17) is 0 Å². The predicted octanol–water partition coefficient (Wildman–Crippen LogP) is 13.9. The summed E-state index contributed by atoms with van der Waals surface area (Å²) in [7, 11) is 0. The number of aromatic nitrogens is 1. The van der Waals surface area contributed by atoms with Crippen LogP contribution < -0.4 is 4.90 Å². The molecule has 0 aliphatic carbocycles. The first-order valence-electron chi connectivity index (χ1n) is 17.9. The van der Waals surface area contributed by atoms with Crippen molar-refractivity contribution in [3.05, 3.63) is 206 Å². The van der Waals surface area contributed by atoms with E-state index in [9.17, 15) is 0 Å². The summed E-state index contributed by atoms with van der Waals surface area (Å²) in [5.41, 5.74) is 11.8. The lowest BCUT2D eigenvalue weighted by Crippen LogP contribution is -2.11. The predicted molar refractivity (Wildman–Crippen MR) is 221 cm³/mol. The molecule has 0 unspecified atom stereocenters. The van der Waals surface area contributed by atoms with Gasteiger partial charge in [-0.2, -0.15) is 0 Å². The van der Waals surface area contributed by atoms with Crippen molar-refractivity contribution in [2.45, 2.75) is 0 Å². The van der Waals surface area contributed by atoms with Gasteiger partial charge in [-0.3, -0.25) is 0 Å². The fraction of sp³-hybridized carbons (Fsp3) is 0. The van der Waals surface area contributed by atoms with Gasteiger partial charge < -0.3 is 9.47 Å². The van der Waals surface area contributed by atoms with Crippen molar-refractivity contribution in [1.82, 2.24) is 4.57 Å². The first-order chi connectivity index (χ1) is 25.8. The number of rotatable bonds is 6. The minimum atomic E-state index is 1.10. The number of hydrogen-bond acceptors (Lipinski definition) is 1. The Labute approximate surface area is 303 Å². The molecule has 0 fully saturated rings. The van der Waals surface area contributed by atoms with Gasteiger partial charge in [0.2, 0.25) is 0 Å². The summed E-state index contributed by atoms with van der Waals surface area (Å²) in [5, 5.41) is 7.39. The number of anilines is 3. The zero-order valence-corrected chi connectivity index (χ0v) is 28.5. The number of fused-ring (bicyclic) bond motifs is 5. The maximum Gasteiger partial charge on any atom is 0.0618 e.